The molecule has 0 bridgehead atoms. The number of aromatic nitrogens is 4. The second kappa shape index (κ2) is 11.6. The fourth-order valence-electron chi connectivity index (χ4n) is 3.75. The van der Waals surface area contributed by atoms with Crippen LogP contribution in [0.25, 0.3) is 11.1 Å². The highest BCUT2D eigenvalue weighted by Crippen LogP contribution is 2.33. The van der Waals surface area contributed by atoms with Gasteiger partial charge in [-0.15, -0.1) is 0 Å². The molecule has 4 rings (SSSR count). The number of aryl methyl sites for hydroxylation is 1. The molecule has 0 unspecified atom stereocenters. The molecule has 3 aromatic rings. The lowest BCUT2D eigenvalue weighted by molar-refractivity contribution is -0.0467. The average molecular weight is 493 g/mol. The van der Waals surface area contributed by atoms with Gasteiger partial charge in [-0.2, -0.15) is 10.4 Å². The maximum atomic E-state index is 13.2. The molecule has 0 atom stereocenters. The lowest BCUT2D eigenvalue weighted by Crippen LogP contribution is -2.36. The van der Waals surface area contributed by atoms with Gasteiger partial charge in [0.1, 0.15) is 23.4 Å². The van der Waals surface area contributed by atoms with Crippen molar-refractivity contribution in [2.75, 3.05) is 55.6 Å². The van der Waals surface area contributed by atoms with E-state index < -0.39 is 12.3 Å². The number of hydrogen-bond acceptors (Lipinski definition) is 9. The number of nitrogens with zero attached hydrogens (tertiary/aromatic N) is 6. The molecule has 188 valence electrons. The van der Waals surface area contributed by atoms with Crippen LogP contribution in [0, 0.1) is 11.3 Å². The van der Waals surface area contributed by atoms with E-state index in [2.05, 4.69) is 26.8 Å². The fourth-order valence-corrected chi connectivity index (χ4v) is 3.75. The van der Waals surface area contributed by atoms with E-state index in [1.807, 2.05) is 26.2 Å². The van der Waals surface area contributed by atoms with Crippen LogP contribution in [0.4, 0.5) is 22.1 Å². The van der Waals surface area contributed by atoms with Gasteiger partial charge in [-0.05, 0) is 19.1 Å². The number of carbonyl (C=O) groups excluding carboxylic acids is 1. The van der Waals surface area contributed by atoms with Crippen molar-refractivity contribution >= 4 is 23.4 Å². The molecular formula is C24H28N8O4. The van der Waals surface area contributed by atoms with E-state index in [0.717, 1.165) is 11.1 Å². The molecule has 0 spiro atoms. The molecule has 0 aromatic carbocycles. The van der Waals surface area contributed by atoms with Crippen LogP contribution in [-0.2, 0) is 21.3 Å². The first kappa shape index (κ1) is 25.1. The summed E-state index contributed by atoms with van der Waals surface area (Å²) in [6.45, 7) is 4.10. The molecule has 1 aliphatic heterocycles. The number of rotatable bonds is 9. The maximum Gasteiger partial charge on any atom is 0.328 e. The van der Waals surface area contributed by atoms with Gasteiger partial charge < -0.3 is 19.5 Å². The van der Waals surface area contributed by atoms with Gasteiger partial charge >= 0.3 is 6.03 Å². The van der Waals surface area contributed by atoms with E-state index in [4.69, 9.17) is 19.2 Å². The molecule has 12 heteroatoms. The topological polar surface area (TPSA) is 139 Å². The normalized spacial score (nSPS) is 13.4. The summed E-state index contributed by atoms with van der Waals surface area (Å²) in [5.41, 5.74) is 3.18. The second-order valence-corrected chi connectivity index (χ2v) is 7.90. The summed E-state index contributed by atoms with van der Waals surface area (Å²) in [4.78, 5) is 23.7. The lowest BCUT2D eigenvalue weighted by Gasteiger charge is -2.23. The third kappa shape index (κ3) is 5.60. The van der Waals surface area contributed by atoms with Crippen LogP contribution >= 0.6 is 0 Å². The number of anilines is 3. The molecule has 0 radical (unpaired) electrons. The van der Waals surface area contributed by atoms with E-state index in [0.29, 0.717) is 61.5 Å². The largest absolute Gasteiger partial charge is 0.383 e. The van der Waals surface area contributed by atoms with Gasteiger partial charge in [0.15, 0.2) is 0 Å². The predicted octanol–water partition coefficient (Wildman–Crippen LogP) is 2.91. The maximum absolute atomic E-state index is 13.2. The minimum absolute atomic E-state index is 0.298. The Morgan fingerprint density at radius 3 is 2.81 bits per heavy atom. The van der Waals surface area contributed by atoms with Gasteiger partial charge in [-0.25, -0.2) is 14.8 Å². The Morgan fingerprint density at radius 1 is 1.33 bits per heavy atom. The van der Waals surface area contributed by atoms with E-state index in [9.17, 15) is 10.1 Å². The Kier molecular flexibility index (Phi) is 8.06. The Bertz CT molecular complexity index is 1250. The standard InChI is InChI=1S/C24H28N8O4/c1-4-32(24(33)29-20-11-19(26-7-8-34-3)16(12-25)13-27-20)21-6-5-18(17-14-28-31(2)15-17)22(30-21)23-35-9-10-36-23/h5-6,11,13-15,23H,4,7-10H2,1-3H3,(H2,26,27,29,33). The van der Waals surface area contributed by atoms with Gasteiger partial charge in [0.25, 0.3) is 0 Å². The quantitative estimate of drug-likeness (QED) is 0.432. The van der Waals surface area contributed by atoms with Crippen LogP contribution in [0.3, 0.4) is 0 Å². The molecule has 4 heterocycles. The number of nitriles is 1. The molecule has 3 aromatic heterocycles. The zero-order valence-electron chi connectivity index (χ0n) is 20.4. The molecule has 1 fully saturated rings. The number of hydrogen-bond donors (Lipinski definition) is 2. The van der Waals surface area contributed by atoms with Crippen LogP contribution in [0.2, 0.25) is 0 Å². The monoisotopic (exact) mass is 492 g/mol. The van der Waals surface area contributed by atoms with Gasteiger partial charge in [0.2, 0.25) is 6.29 Å². The zero-order valence-corrected chi connectivity index (χ0v) is 20.4. The van der Waals surface area contributed by atoms with Crippen LogP contribution in [-0.4, -0.2) is 65.8 Å². The zero-order chi connectivity index (χ0) is 25.5. The SMILES string of the molecule is CCN(C(=O)Nc1cc(NCCOC)c(C#N)cn1)c1ccc(-c2cnn(C)c2)c(C2OCCO2)n1. The molecule has 0 saturated carbocycles. The van der Waals surface area contributed by atoms with Gasteiger partial charge in [-0.1, -0.05) is 0 Å². The summed E-state index contributed by atoms with van der Waals surface area (Å²) in [5, 5.41) is 19.5. The molecule has 0 aliphatic carbocycles. The number of nitrogens with one attached hydrogen (secondary N) is 2. The molecule has 2 amide bonds. The van der Waals surface area contributed by atoms with Crippen molar-refractivity contribution in [1.29, 1.82) is 5.26 Å². The minimum atomic E-state index is -0.636. The van der Waals surface area contributed by atoms with Crippen LogP contribution in [0.5, 0.6) is 0 Å². The predicted molar refractivity (Wildman–Crippen MR) is 132 cm³/mol. The fraction of sp³-hybridized carbons (Fsp3) is 0.375. The Labute approximate surface area is 208 Å². The van der Waals surface area contributed by atoms with Crippen molar-refractivity contribution in [1.82, 2.24) is 19.7 Å². The van der Waals surface area contributed by atoms with Gasteiger partial charge in [-0.3, -0.25) is 14.9 Å². The molecule has 1 saturated heterocycles. The van der Waals surface area contributed by atoms with Crippen molar-refractivity contribution in [2.45, 2.75) is 13.2 Å². The lowest BCUT2D eigenvalue weighted by atomic mass is 10.1. The number of pyridine rings is 2. The second-order valence-electron chi connectivity index (χ2n) is 7.90. The van der Waals surface area contributed by atoms with E-state index >= 15 is 0 Å². The summed E-state index contributed by atoms with van der Waals surface area (Å²) in [7, 11) is 3.44. The first-order valence-corrected chi connectivity index (χ1v) is 11.5. The van der Waals surface area contributed by atoms with Gasteiger partial charge in [0, 0.05) is 56.8 Å². The number of ether oxygens (including phenoxy) is 3. The van der Waals surface area contributed by atoms with Crippen LogP contribution in [0.1, 0.15) is 24.5 Å². The van der Waals surface area contributed by atoms with Crippen LogP contribution < -0.4 is 15.5 Å². The van der Waals surface area contributed by atoms with Crippen molar-refractivity contribution in [3.63, 3.8) is 0 Å². The summed E-state index contributed by atoms with van der Waals surface area (Å²) >= 11 is 0. The summed E-state index contributed by atoms with van der Waals surface area (Å²) in [5.74, 6) is 0.732. The van der Waals surface area contributed by atoms with E-state index in [-0.39, 0.29) is 0 Å². The number of methoxy groups -OCH3 is 1. The Morgan fingerprint density at radius 2 is 2.14 bits per heavy atom. The first-order chi connectivity index (χ1) is 17.5. The highest BCUT2D eigenvalue weighted by molar-refractivity contribution is 6.01. The van der Waals surface area contributed by atoms with Gasteiger partial charge in [0.05, 0.1) is 37.3 Å². The highest BCUT2D eigenvalue weighted by Gasteiger charge is 2.26. The summed E-state index contributed by atoms with van der Waals surface area (Å²) in [6, 6.07) is 6.94. The summed E-state index contributed by atoms with van der Waals surface area (Å²) in [6.07, 6.45) is 4.40. The molecule has 36 heavy (non-hydrogen) atoms. The van der Waals surface area contributed by atoms with Crippen molar-refractivity contribution in [3.8, 4) is 17.2 Å². The molecular weight excluding hydrogens is 464 g/mol. The molecule has 1 aliphatic rings. The third-order valence-corrected chi connectivity index (χ3v) is 5.49. The Balaban J connectivity index is 1.59. The van der Waals surface area contributed by atoms with E-state index in [1.54, 1.807) is 30.1 Å². The van der Waals surface area contributed by atoms with Crippen molar-refractivity contribution < 1.29 is 19.0 Å². The van der Waals surface area contributed by atoms with Crippen LogP contribution in [0.15, 0.2) is 36.8 Å². The first-order valence-electron chi connectivity index (χ1n) is 11.5. The number of amides is 2. The number of urea groups is 1. The molecule has 12 nitrogen and oxygen atoms in total. The smallest absolute Gasteiger partial charge is 0.328 e. The summed E-state index contributed by atoms with van der Waals surface area (Å²) < 4.78 is 18.2. The highest BCUT2D eigenvalue weighted by atomic mass is 16.7. The number of carbonyl (C=O) groups is 1. The third-order valence-electron chi connectivity index (χ3n) is 5.49. The molecule has 2 N–H and O–H groups in total. The average Bonchev–Trinajstić information content (AvgIpc) is 3.57. The van der Waals surface area contributed by atoms with Crippen molar-refractivity contribution in [3.05, 3.63) is 48.0 Å². The Hall–Kier alpha value is -4.05. The van der Waals surface area contributed by atoms with Crippen molar-refractivity contribution in [2.24, 2.45) is 7.05 Å². The van der Waals surface area contributed by atoms with E-state index in [1.165, 1.54) is 11.1 Å². The minimum Gasteiger partial charge on any atom is -0.383 e.